The molecule has 0 bridgehead atoms. The number of halogens is 6. The number of carbonyl (C=O) groups is 3. The molecule has 0 spiro atoms. The fraction of sp³-hybridized carbons (Fsp3) is 0.217. The average molecular weight is 1560 g/mol. The number of anilines is 3. The number of fused-ring (bicyclic) bond motifs is 3. The lowest BCUT2D eigenvalue weighted by molar-refractivity contribution is -0.143. The zero-order chi connectivity index (χ0) is 79.5. The molecule has 0 saturated carbocycles. The van der Waals surface area contributed by atoms with Gasteiger partial charge in [0.1, 0.15) is 41.7 Å². The number of hydrogen-bond donors (Lipinski definition) is 14. The van der Waals surface area contributed by atoms with E-state index in [1.165, 1.54) is 24.3 Å². The van der Waals surface area contributed by atoms with Crippen LogP contribution in [0.15, 0.2) is 170 Å². The van der Waals surface area contributed by atoms with Crippen LogP contribution in [0.3, 0.4) is 0 Å². The number of nitrogens with two attached hydrogens (primary N) is 6. The van der Waals surface area contributed by atoms with Crippen molar-refractivity contribution in [1.82, 2.24) is 14.2 Å². The van der Waals surface area contributed by atoms with Crippen LogP contribution in [0, 0.1) is 26.2 Å². The summed E-state index contributed by atoms with van der Waals surface area (Å²) in [7, 11) is -13.0. The van der Waals surface area contributed by atoms with E-state index in [1.54, 1.807) is 113 Å². The number of hydrogen-bond acceptors (Lipinski definition) is 21. The van der Waals surface area contributed by atoms with Gasteiger partial charge in [-0.3, -0.25) is 19.8 Å². The summed E-state index contributed by atoms with van der Waals surface area (Å²) in [4.78, 5) is 43.6. The van der Waals surface area contributed by atoms with Gasteiger partial charge in [0, 0.05) is 49.9 Å². The van der Waals surface area contributed by atoms with Gasteiger partial charge in [-0.1, -0.05) is 24.2 Å². The van der Waals surface area contributed by atoms with Gasteiger partial charge in [-0.05, 0) is 218 Å². The summed E-state index contributed by atoms with van der Waals surface area (Å²) in [6.07, 6.45) is -4.07. The minimum absolute atomic E-state index is 0.000576. The van der Waals surface area contributed by atoms with E-state index in [0.29, 0.717) is 93.4 Å². The lowest BCUT2D eigenvalue weighted by Gasteiger charge is -2.20. The quantitative estimate of drug-likeness (QED) is 0.00832. The highest BCUT2D eigenvalue weighted by molar-refractivity contribution is 7.88. The number of benzene rings is 7. The van der Waals surface area contributed by atoms with E-state index in [1.807, 2.05) is 46.3 Å². The van der Waals surface area contributed by atoms with Crippen molar-refractivity contribution in [3.63, 3.8) is 0 Å². The number of nitrogen functional groups attached to an aromatic ring is 1. The maximum absolute atomic E-state index is 13.1. The molecule has 3 amide bonds. The summed E-state index contributed by atoms with van der Waals surface area (Å²) >= 11 is 0. The van der Waals surface area contributed by atoms with Gasteiger partial charge in [0.15, 0.2) is 23.0 Å². The molecule has 574 valence electrons. The van der Waals surface area contributed by atoms with E-state index >= 15 is 0 Å². The molecule has 0 radical (unpaired) electrons. The number of furan rings is 3. The van der Waals surface area contributed by atoms with Crippen LogP contribution < -0.4 is 67.5 Å². The maximum atomic E-state index is 13.1. The summed E-state index contributed by atoms with van der Waals surface area (Å²) in [5.41, 5.74) is 23.5. The summed E-state index contributed by atoms with van der Waals surface area (Å²) < 4.78 is 176. The molecule has 3 atom stereocenters. The van der Waals surface area contributed by atoms with Crippen LogP contribution >= 0.6 is 0 Å². The van der Waals surface area contributed by atoms with E-state index < -0.39 is 102 Å². The summed E-state index contributed by atoms with van der Waals surface area (Å²) in [5.74, 6) is -2.68. The van der Waals surface area contributed by atoms with Gasteiger partial charge >= 0.3 is 12.4 Å². The van der Waals surface area contributed by atoms with Crippen LogP contribution in [0.2, 0.25) is 0 Å². The smallest absolute Gasteiger partial charge is 0.416 e. The van der Waals surface area contributed by atoms with Gasteiger partial charge in [-0.15, -0.1) is 0 Å². The largest absolute Gasteiger partial charge is 0.490 e. The monoisotopic (exact) mass is 1560 g/mol. The fourth-order valence-corrected chi connectivity index (χ4v) is 12.1. The Morgan fingerprint density at radius 1 is 0.509 bits per heavy atom. The van der Waals surface area contributed by atoms with Crippen molar-refractivity contribution in [1.29, 1.82) is 5.41 Å². The maximum Gasteiger partial charge on any atom is 0.416 e. The number of rotatable bonds is 25. The van der Waals surface area contributed by atoms with Crippen molar-refractivity contribution in [3.8, 4) is 5.75 Å². The summed E-state index contributed by atoms with van der Waals surface area (Å²) in [6.45, 7) is 10.8. The van der Waals surface area contributed by atoms with Crippen molar-refractivity contribution in [3.05, 3.63) is 224 Å². The molecule has 108 heavy (non-hydrogen) atoms. The van der Waals surface area contributed by atoms with E-state index in [2.05, 4.69) is 26.3 Å². The zero-order valence-corrected chi connectivity index (χ0v) is 60.4. The number of aryl methyl sites for hydroxylation is 5. The van der Waals surface area contributed by atoms with Crippen molar-refractivity contribution < 1.29 is 94.0 Å². The van der Waals surface area contributed by atoms with Gasteiger partial charge in [-0.2, -0.15) is 51.6 Å². The number of carbonyl (C=O) groups excluding carboxylic acids is 3. The molecule has 3 aromatic heterocycles. The van der Waals surface area contributed by atoms with Gasteiger partial charge in [0.25, 0.3) is 48.3 Å². The number of alkyl halides is 6. The highest BCUT2D eigenvalue weighted by atomic mass is 32.2. The third kappa shape index (κ3) is 21.4. The number of ether oxygens (including phenoxy) is 1. The second-order valence-electron chi connectivity index (χ2n) is 24.0. The van der Waals surface area contributed by atoms with Crippen LogP contribution in [0.25, 0.3) is 32.9 Å². The Morgan fingerprint density at radius 3 is 1.19 bits per heavy atom. The normalized spacial score (nSPS) is 13.1. The molecule has 0 aliphatic rings. The third-order valence-electron chi connectivity index (χ3n) is 16.0. The number of amides is 3. The predicted octanol–water partition coefficient (Wildman–Crippen LogP) is 9.42. The Bertz CT molecular complexity index is 5390. The number of amidine groups is 3. The second kappa shape index (κ2) is 33.7. The van der Waals surface area contributed by atoms with Crippen molar-refractivity contribution in [2.45, 2.75) is 91.5 Å². The standard InChI is InChI=1S/C29H27F6N5O5S.2C20H23N5O5S/c1-3-17-10-19(11-23-15(2)13-44-25(17)23)24(27(41)40-46(37,42)43)38-22-6-4-18(5-7-22)26(36)39-45-14-16-8-20(28(30,31)32)12-21(9-16)29(33,34)35;1-3-29-16-9-13(8-15-11(2)10-30-18(15)16)17(20(26)25-31(23,27)28)24-14-6-4-12(5-7-14)19(21)22;1-3-12-8-14(9-16-11(2)10-30-18(12)16)17(20(26)25-31(22,28)29)23-15-6-4-13(5-7-15)19(21)24-27/h4-13,24,38H,3,14H2,1-2H3,(H2,36,39)(H,40,41)(H2,37,42,43);4-10,17,24H,3H2,1-2H3,(H3,21,22)(H,25,26)(H2,23,27,28);4-10,17,23,27H,3H2,1-2H3,(H2,21,24)(H,25,26)(H2,22,28,29). The molecule has 10 aromatic rings. The van der Waals surface area contributed by atoms with E-state index in [0.717, 1.165) is 49.6 Å². The number of nitrogens with zero attached hydrogens (tertiary/aromatic N) is 2. The third-order valence-corrected chi connectivity index (χ3v) is 17.5. The van der Waals surface area contributed by atoms with E-state index in [9.17, 15) is 66.0 Å². The summed E-state index contributed by atoms with van der Waals surface area (Å²) in [6, 6.07) is 26.6. The first-order valence-corrected chi connectivity index (χ1v) is 36.6. The molecule has 10 rings (SSSR count). The molecule has 3 unspecified atom stereocenters. The van der Waals surface area contributed by atoms with Crippen LogP contribution in [0.4, 0.5) is 43.4 Å². The molecule has 39 heteroatoms. The SMILES string of the molecule is CCOc1cc(C(Nc2ccc(C(=N)N)cc2)C(=O)NS(N)(=O)=O)cc2c(C)coc12.CCc1cc(C(Nc2ccc(C(N)=NO)cc2)C(=O)NS(N)(=O)=O)cc2c(C)coc12.CCc1cc(C(Nc2ccc(C(N)=NOCc3cc(C(F)(F)F)cc(C(F)(F)F)c3)cc2)C(=O)NS(N)(=O)=O)cc2c(C)coc12. The molecule has 0 saturated heterocycles. The molecular weight excluding hydrogens is 1490 g/mol. The minimum atomic E-state index is -5.02. The molecule has 0 fully saturated rings. The first-order valence-electron chi connectivity index (χ1n) is 31.9. The Kier molecular flexibility index (Phi) is 25.5. The Morgan fingerprint density at radius 2 is 0.852 bits per heavy atom. The second-order valence-corrected chi connectivity index (χ2v) is 27.8. The summed E-state index contributed by atoms with van der Waals surface area (Å²) in [5, 5.41) is 49.1. The van der Waals surface area contributed by atoms with Crippen molar-refractivity contribution in [2.75, 3.05) is 22.6 Å². The first-order chi connectivity index (χ1) is 50.6. The molecule has 0 aliphatic carbocycles. The Labute approximate surface area is 613 Å². The molecule has 0 aliphatic heterocycles. The van der Waals surface area contributed by atoms with Crippen LogP contribution in [0.5, 0.6) is 5.75 Å². The van der Waals surface area contributed by atoms with Crippen LogP contribution in [-0.4, -0.2) is 72.3 Å². The van der Waals surface area contributed by atoms with Gasteiger partial charge in [0.05, 0.1) is 36.5 Å². The Hall–Kier alpha value is -11.9. The van der Waals surface area contributed by atoms with Crippen molar-refractivity contribution >= 4 is 116 Å². The van der Waals surface area contributed by atoms with E-state index in [-0.39, 0.29) is 29.1 Å². The van der Waals surface area contributed by atoms with Crippen LogP contribution in [0.1, 0.15) is 117 Å². The zero-order valence-electron chi connectivity index (χ0n) is 57.9. The molecular formula is C69H73F6N15O15S3. The predicted molar refractivity (Wildman–Crippen MR) is 390 cm³/mol. The van der Waals surface area contributed by atoms with Gasteiger partial charge in [0.2, 0.25) is 0 Å². The van der Waals surface area contributed by atoms with Crippen molar-refractivity contribution in [2.24, 2.45) is 42.9 Å². The highest BCUT2D eigenvalue weighted by Crippen LogP contribution is 2.39. The average Bonchev–Trinajstić information content (AvgIpc) is 1.61. The van der Waals surface area contributed by atoms with Gasteiger partial charge in [-0.25, -0.2) is 29.6 Å². The molecule has 3 heterocycles. The van der Waals surface area contributed by atoms with E-state index in [4.69, 9.17) is 66.1 Å². The number of nitrogens with one attached hydrogen (secondary N) is 7. The lowest BCUT2D eigenvalue weighted by Crippen LogP contribution is -2.41. The fourth-order valence-electron chi connectivity index (χ4n) is 10.9. The Balaban J connectivity index is 0.000000211. The topological polar surface area (TPSA) is 509 Å². The molecule has 20 N–H and O–H groups in total. The number of oxime groups is 2. The highest BCUT2D eigenvalue weighted by Gasteiger charge is 2.37. The molecule has 30 nitrogen and oxygen atoms in total. The lowest BCUT2D eigenvalue weighted by atomic mass is 9.98. The minimum Gasteiger partial charge on any atom is -0.490 e. The van der Waals surface area contributed by atoms with Gasteiger partial charge < -0.3 is 61.2 Å². The molecule has 7 aromatic carbocycles. The van der Waals surface area contributed by atoms with Crippen LogP contribution in [-0.2, 0) is 81.7 Å². The first kappa shape index (κ1) is 81.8.